The summed E-state index contributed by atoms with van der Waals surface area (Å²) in [4.78, 5) is 26.9. The van der Waals surface area contributed by atoms with Crippen LogP contribution in [0.4, 0.5) is 5.69 Å². The highest BCUT2D eigenvalue weighted by atomic mass is 35.5. The second-order valence-electron chi connectivity index (χ2n) is 6.27. The summed E-state index contributed by atoms with van der Waals surface area (Å²) in [5, 5.41) is 0.514. The molecule has 0 N–H and O–H groups in total. The highest BCUT2D eigenvalue weighted by Crippen LogP contribution is 2.37. The molecule has 0 atom stereocenters. The zero-order valence-corrected chi connectivity index (χ0v) is 18.4. The third kappa shape index (κ3) is 4.51. The number of thiocarbonyl (C=S) groups is 1. The van der Waals surface area contributed by atoms with Gasteiger partial charge in [0.1, 0.15) is 0 Å². The van der Waals surface area contributed by atoms with Gasteiger partial charge in [0.15, 0.2) is 15.8 Å². The van der Waals surface area contributed by atoms with E-state index in [0.29, 0.717) is 31.2 Å². The highest BCUT2D eigenvalue weighted by molar-refractivity contribution is 8.27. The monoisotopic (exact) mass is 471 g/mol. The molecule has 0 aliphatic carbocycles. The number of ether oxygens (including phenoxy) is 2. The Kier molecular flexibility index (Phi) is 6.13. The lowest BCUT2D eigenvalue weighted by molar-refractivity contribution is -0.113. The summed E-state index contributed by atoms with van der Waals surface area (Å²) in [6.07, 6.45) is 3.08. The quantitative estimate of drug-likeness (QED) is 0.208. The molecular formula is C22H14ClNO5S2. The van der Waals surface area contributed by atoms with E-state index in [2.05, 4.69) is 0 Å². The molecule has 1 aromatic heterocycles. The molecule has 2 heterocycles. The van der Waals surface area contributed by atoms with Crippen LogP contribution in [0.3, 0.4) is 0 Å². The summed E-state index contributed by atoms with van der Waals surface area (Å²) in [6.45, 7) is 0. The van der Waals surface area contributed by atoms with E-state index >= 15 is 0 Å². The molecule has 31 heavy (non-hydrogen) atoms. The number of rotatable bonds is 5. The van der Waals surface area contributed by atoms with Gasteiger partial charge in [0, 0.05) is 5.02 Å². The van der Waals surface area contributed by atoms with Crippen molar-refractivity contribution in [3.63, 3.8) is 0 Å². The lowest BCUT2D eigenvalue weighted by Gasteiger charge is -2.14. The number of hydrogen-bond donors (Lipinski definition) is 0. The van der Waals surface area contributed by atoms with E-state index in [9.17, 15) is 9.59 Å². The number of amides is 1. The lowest BCUT2D eigenvalue weighted by Crippen LogP contribution is -2.27. The van der Waals surface area contributed by atoms with Gasteiger partial charge in [-0.3, -0.25) is 9.69 Å². The second-order valence-corrected chi connectivity index (χ2v) is 8.39. The van der Waals surface area contributed by atoms with Crippen LogP contribution in [0.5, 0.6) is 11.5 Å². The van der Waals surface area contributed by atoms with Crippen molar-refractivity contribution in [2.75, 3.05) is 12.0 Å². The summed E-state index contributed by atoms with van der Waals surface area (Å²) in [7, 11) is 1.46. The molecule has 3 aromatic rings. The third-order valence-electron chi connectivity index (χ3n) is 4.27. The highest BCUT2D eigenvalue weighted by Gasteiger charge is 2.33. The SMILES string of the molecule is COc1cc(C=C2SC(=S)N(c3cccc(Cl)c3)C2=O)ccc1OC(=O)c1ccco1. The van der Waals surface area contributed by atoms with Crippen LogP contribution in [0.1, 0.15) is 16.1 Å². The first kappa shape index (κ1) is 21.2. The van der Waals surface area contributed by atoms with Crippen LogP contribution < -0.4 is 14.4 Å². The number of carbonyl (C=O) groups is 2. The number of carbonyl (C=O) groups excluding carboxylic acids is 2. The number of esters is 1. The Morgan fingerprint density at radius 2 is 2.00 bits per heavy atom. The first-order valence-corrected chi connectivity index (χ1v) is 10.5. The molecule has 2 aromatic carbocycles. The fourth-order valence-electron chi connectivity index (χ4n) is 2.86. The fraction of sp³-hybridized carbons (Fsp3) is 0.0455. The van der Waals surface area contributed by atoms with Crippen molar-refractivity contribution in [1.29, 1.82) is 0 Å². The van der Waals surface area contributed by atoms with Crippen LogP contribution in [0, 0.1) is 0 Å². The van der Waals surface area contributed by atoms with Crippen molar-refractivity contribution in [1.82, 2.24) is 0 Å². The smallest absolute Gasteiger partial charge is 0.379 e. The maximum Gasteiger partial charge on any atom is 0.379 e. The molecule has 6 nitrogen and oxygen atoms in total. The number of thioether (sulfide) groups is 1. The number of nitrogens with zero attached hydrogens (tertiary/aromatic N) is 1. The first-order valence-electron chi connectivity index (χ1n) is 8.93. The van der Waals surface area contributed by atoms with E-state index in [-0.39, 0.29) is 17.4 Å². The Labute approximate surface area is 192 Å². The molecule has 0 radical (unpaired) electrons. The largest absolute Gasteiger partial charge is 0.493 e. The van der Waals surface area contributed by atoms with Crippen molar-refractivity contribution in [2.45, 2.75) is 0 Å². The molecule has 1 saturated heterocycles. The van der Waals surface area contributed by atoms with E-state index in [1.165, 1.54) is 36.1 Å². The van der Waals surface area contributed by atoms with Crippen LogP contribution in [-0.4, -0.2) is 23.3 Å². The van der Waals surface area contributed by atoms with Crippen LogP contribution in [0.2, 0.25) is 5.02 Å². The summed E-state index contributed by atoms with van der Waals surface area (Å²) >= 11 is 12.6. The van der Waals surface area contributed by atoms with Crippen molar-refractivity contribution >= 4 is 63.5 Å². The Morgan fingerprint density at radius 3 is 2.71 bits per heavy atom. The van der Waals surface area contributed by atoms with Gasteiger partial charge in [-0.25, -0.2) is 4.79 Å². The molecule has 0 saturated carbocycles. The number of methoxy groups -OCH3 is 1. The topological polar surface area (TPSA) is 69.0 Å². The Hall–Kier alpha value is -3.07. The molecule has 0 unspecified atom stereocenters. The van der Waals surface area contributed by atoms with Gasteiger partial charge in [0.05, 0.1) is 24.0 Å². The molecule has 1 fully saturated rings. The second kappa shape index (κ2) is 8.97. The molecule has 0 spiro atoms. The zero-order valence-electron chi connectivity index (χ0n) is 16.0. The molecule has 1 aliphatic rings. The molecule has 0 bridgehead atoms. The van der Waals surface area contributed by atoms with Gasteiger partial charge < -0.3 is 13.9 Å². The molecule has 1 aliphatic heterocycles. The van der Waals surface area contributed by atoms with E-state index in [1.54, 1.807) is 54.6 Å². The van der Waals surface area contributed by atoms with Crippen LogP contribution in [-0.2, 0) is 4.79 Å². The minimum atomic E-state index is -0.640. The summed E-state index contributed by atoms with van der Waals surface area (Å²) < 4.78 is 16.1. The number of anilines is 1. The molecule has 156 valence electrons. The average Bonchev–Trinajstić information content (AvgIpc) is 3.38. The summed E-state index contributed by atoms with van der Waals surface area (Å²) in [5.74, 6) is -0.245. The average molecular weight is 472 g/mol. The number of halogens is 1. The fourth-order valence-corrected chi connectivity index (χ4v) is 4.34. The predicted octanol–water partition coefficient (Wildman–Crippen LogP) is 5.57. The van der Waals surface area contributed by atoms with E-state index < -0.39 is 5.97 Å². The summed E-state index contributed by atoms with van der Waals surface area (Å²) in [5.41, 5.74) is 1.29. The minimum absolute atomic E-state index is 0.0795. The maximum absolute atomic E-state index is 12.9. The van der Waals surface area contributed by atoms with Gasteiger partial charge in [0.2, 0.25) is 5.76 Å². The zero-order chi connectivity index (χ0) is 22.0. The van der Waals surface area contributed by atoms with Crippen LogP contribution >= 0.6 is 35.6 Å². The van der Waals surface area contributed by atoms with Crippen LogP contribution in [0.15, 0.2) is 70.2 Å². The molecular weight excluding hydrogens is 458 g/mol. The maximum atomic E-state index is 12.9. The molecule has 1 amide bonds. The van der Waals surface area contributed by atoms with E-state index in [1.807, 2.05) is 0 Å². The minimum Gasteiger partial charge on any atom is -0.493 e. The molecule has 9 heteroatoms. The Bertz CT molecular complexity index is 1210. The first-order chi connectivity index (χ1) is 15.0. The van der Waals surface area contributed by atoms with Crippen molar-refractivity contribution < 1.29 is 23.5 Å². The van der Waals surface area contributed by atoms with Crippen molar-refractivity contribution in [2.24, 2.45) is 0 Å². The normalized spacial score (nSPS) is 14.9. The van der Waals surface area contributed by atoms with Gasteiger partial charge in [-0.1, -0.05) is 47.7 Å². The molecule has 4 rings (SSSR count). The predicted molar refractivity (Wildman–Crippen MR) is 124 cm³/mol. The van der Waals surface area contributed by atoms with Crippen LogP contribution in [0.25, 0.3) is 6.08 Å². The van der Waals surface area contributed by atoms with Gasteiger partial charge >= 0.3 is 5.97 Å². The van der Waals surface area contributed by atoms with Gasteiger partial charge in [-0.2, -0.15) is 0 Å². The van der Waals surface area contributed by atoms with Gasteiger partial charge in [0.25, 0.3) is 5.91 Å². The Balaban J connectivity index is 1.58. The number of benzene rings is 2. The van der Waals surface area contributed by atoms with E-state index in [0.717, 1.165) is 0 Å². The summed E-state index contributed by atoms with van der Waals surface area (Å²) in [6, 6.07) is 15.0. The van der Waals surface area contributed by atoms with E-state index in [4.69, 9.17) is 37.7 Å². The van der Waals surface area contributed by atoms with Gasteiger partial charge in [-0.05, 0) is 54.1 Å². The number of hydrogen-bond acceptors (Lipinski definition) is 7. The van der Waals surface area contributed by atoms with Gasteiger partial charge in [-0.15, -0.1) is 0 Å². The lowest BCUT2D eigenvalue weighted by atomic mass is 10.1. The van der Waals surface area contributed by atoms with Crippen molar-refractivity contribution in [3.05, 3.63) is 82.1 Å². The third-order valence-corrected chi connectivity index (χ3v) is 5.81. The standard InChI is InChI=1S/C22H14ClNO5S2/c1-27-18-10-13(7-8-16(18)29-21(26)17-6-3-9-28-17)11-19-20(25)24(22(30)31-19)15-5-2-4-14(23)12-15/h2-12H,1H3. The number of furan rings is 1. The Morgan fingerprint density at radius 1 is 1.16 bits per heavy atom. The van der Waals surface area contributed by atoms with Crippen molar-refractivity contribution in [3.8, 4) is 11.5 Å².